The monoisotopic (exact) mass is 337 g/mol. The predicted molar refractivity (Wildman–Crippen MR) is 75.8 cm³/mol. The fourth-order valence-electron chi connectivity index (χ4n) is 2.00. The molecule has 2 aliphatic rings. The molecule has 0 aliphatic carbocycles. The van der Waals surface area contributed by atoms with E-state index in [0.29, 0.717) is 0 Å². The van der Waals surface area contributed by atoms with Crippen molar-refractivity contribution in [2.45, 2.75) is 42.2 Å². The summed E-state index contributed by atoms with van der Waals surface area (Å²) in [7, 11) is 1.41. The highest BCUT2D eigenvalue weighted by atomic mass is 32.2. The second-order valence-corrected chi connectivity index (χ2v) is 5.80. The molecule has 2 rings (SSSR count). The van der Waals surface area contributed by atoms with Crippen LogP contribution in [0.4, 0.5) is 0 Å². The number of nitrogens with zero attached hydrogens (tertiary/aromatic N) is 1. The average Bonchev–Trinajstić information content (AvgIpc) is 2.69. The Balaban J connectivity index is 2.07. The zero-order chi connectivity index (χ0) is 16.3. The lowest BCUT2D eigenvalue weighted by Crippen LogP contribution is -2.60. The molecule has 22 heavy (non-hydrogen) atoms. The van der Waals surface area contributed by atoms with E-state index in [1.165, 1.54) is 19.4 Å². The van der Waals surface area contributed by atoms with Crippen molar-refractivity contribution in [3.05, 3.63) is 12.3 Å². The summed E-state index contributed by atoms with van der Waals surface area (Å²) in [6.07, 6.45) is -5.32. The van der Waals surface area contributed by atoms with Gasteiger partial charge >= 0.3 is 0 Å². The summed E-state index contributed by atoms with van der Waals surface area (Å²) in [5, 5.41) is 48.7. The van der Waals surface area contributed by atoms with Crippen molar-refractivity contribution < 1.29 is 39.7 Å². The molecule has 0 amide bonds. The first-order valence-electron chi connectivity index (χ1n) is 6.57. The van der Waals surface area contributed by atoms with Crippen LogP contribution in [0.5, 0.6) is 0 Å². The number of aliphatic hydroxyl groups is 5. The summed E-state index contributed by atoms with van der Waals surface area (Å²) >= 11 is 0.962. The van der Waals surface area contributed by atoms with Gasteiger partial charge in [0.15, 0.2) is 6.29 Å². The van der Waals surface area contributed by atoms with Crippen LogP contribution in [0.15, 0.2) is 17.3 Å². The van der Waals surface area contributed by atoms with Crippen molar-refractivity contribution in [1.29, 1.82) is 0 Å². The first kappa shape index (κ1) is 17.6. The Labute approximate surface area is 130 Å². The van der Waals surface area contributed by atoms with E-state index in [9.17, 15) is 20.4 Å². The van der Waals surface area contributed by atoms with Gasteiger partial charge in [-0.05, 0) is 17.8 Å². The maximum absolute atomic E-state index is 9.96. The summed E-state index contributed by atoms with van der Waals surface area (Å²) in [6.45, 7) is -0.560. The molecule has 10 heteroatoms. The molecule has 0 bridgehead atoms. The molecule has 0 radical (unpaired) electrons. The van der Waals surface area contributed by atoms with Crippen LogP contribution in [0.25, 0.3) is 0 Å². The number of ether oxygens (including phenoxy) is 3. The molecule has 2 heterocycles. The molecule has 5 N–H and O–H groups in total. The molecular weight excluding hydrogens is 318 g/mol. The van der Waals surface area contributed by atoms with Gasteiger partial charge in [0.2, 0.25) is 0 Å². The maximum atomic E-state index is 9.96. The first-order chi connectivity index (χ1) is 10.5. The summed E-state index contributed by atoms with van der Waals surface area (Å²) in [5.74, 6) is 0. The highest BCUT2D eigenvalue weighted by Gasteiger charge is 2.45. The Hall–Kier alpha value is -0.720. The molecule has 0 spiro atoms. The molecule has 0 aromatic carbocycles. The number of hydrogen-bond acceptors (Lipinski definition) is 10. The van der Waals surface area contributed by atoms with Crippen molar-refractivity contribution >= 4 is 17.0 Å². The van der Waals surface area contributed by atoms with Crippen molar-refractivity contribution in [2.75, 3.05) is 13.7 Å². The lowest BCUT2D eigenvalue weighted by molar-refractivity contribution is -0.307. The molecule has 1 fully saturated rings. The quantitative estimate of drug-likeness (QED) is 0.386. The van der Waals surface area contributed by atoms with Gasteiger partial charge in [-0.2, -0.15) is 0 Å². The summed E-state index contributed by atoms with van der Waals surface area (Å²) in [4.78, 5) is 3.92. The van der Waals surface area contributed by atoms with Gasteiger partial charge in [-0.1, -0.05) is 0 Å². The average molecular weight is 337 g/mol. The molecule has 0 aromatic rings. The fraction of sp³-hybridized carbons (Fsp3) is 0.750. The van der Waals surface area contributed by atoms with E-state index in [2.05, 4.69) is 4.99 Å². The van der Waals surface area contributed by atoms with E-state index in [-0.39, 0.29) is 5.23 Å². The SMILES string of the molecule is COC1=NC=C[C@H](O)C(O[C@@H]2O[C@H](CO)[C@@H](O)[C@H](O)[C@H]2O)S1. The van der Waals surface area contributed by atoms with E-state index < -0.39 is 48.9 Å². The van der Waals surface area contributed by atoms with Gasteiger partial charge in [-0.15, -0.1) is 0 Å². The van der Waals surface area contributed by atoms with Gasteiger partial charge in [-0.3, -0.25) is 0 Å². The van der Waals surface area contributed by atoms with Gasteiger partial charge < -0.3 is 39.7 Å². The molecular formula is C12H19NO8S. The minimum Gasteiger partial charge on any atom is -0.476 e. The van der Waals surface area contributed by atoms with Crippen molar-refractivity contribution in [1.82, 2.24) is 0 Å². The Morgan fingerprint density at radius 3 is 2.59 bits per heavy atom. The molecule has 126 valence electrons. The van der Waals surface area contributed by atoms with E-state index in [0.717, 1.165) is 11.8 Å². The number of methoxy groups -OCH3 is 1. The van der Waals surface area contributed by atoms with Crippen LogP contribution in [0.3, 0.4) is 0 Å². The Bertz CT molecular complexity index is 431. The number of aliphatic imine (C=N–C) groups is 1. The van der Waals surface area contributed by atoms with E-state index in [1.54, 1.807) is 0 Å². The molecule has 2 aliphatic heterocycles. The third-order valence-corrected chi connectivity index (χ3v) is 4.35. The van der Waals surface area contributed by atoms with Gasteiger partial charge in [0, 0.05) is 6.20 Å². The molecule has 0 saturated carbocycles. The van der Waals surface area contributed by atoms with Crippen LogP contribution < -0.4 is 0 Å². The fourth-order valence-corrected chi connectivity index (χ4v) is 2.82. The zero-order valence-corrected chi connectivity index (χ0v) is 12.5. The molecule has 7 atom stereocenters. The van der Waals surface area contributed by atoms with Crippen LogP contribution in [0.2, 0.25) is 0 Å². The smallest absolute Gasteiger partial charge is 0.252 e. The van der Waals surface area contributed by atoms with Crippen LogP contribution in [-0.4, -0.2) is 86.7 Å². The van der Waals surface area contributed by atoms with Crippen LogP contribution >= 0.6 is 11.8 Å². The minimum atomic E-state index is -1.55. The normalized spacial score (nSPS) is 42.6. The Kier molecular flexibility index (Phi) is 6.17. The van der Waals surface area contributed by atoms with E-state index >= 15 is 0 Å². The predicted octanol–water partition coefficient (Wildman–Crippen LogP) is -2.25. The van der Waals surface area contributed by atoms with Gasteiger partial charge in [-0.25, -0.2) is 4.99 Å². The summed E-state index contributed by atoms with van der Waals surface area (Å²) in [6, 6.07) is 0. The van der Waals surface area contributed by atoms with Crippen LogP contribution in [0, 0.1) is 0 Å². The Morgan fingerprint density at radius 1 is 1.23 bits per heavy atom. The Morgan fingerprint density at radius 2 is 1.95 bits per heavy atom. The van der Waals surface area contributed by atoms with Gasteiger partial charge in [0.1, 0.15) is 36.0 Å². The number of rotatable bonds is 3. The standard InChI is InChI=1S/C12H19NO8S/c1-19-12-13-3-2-5(15)11(22-12)21-10-9(18)8(17)7(16)6(4-14)20-10/h2-3,5-11,14-18H,4H2,1H3/t5-,6+,7+,8-,9+,10-,11?/m0/s1. The second kappa shape index (κ2) is 7.70. The minimum absolute atomic E-state index is 0.238. The van der Waals surface area contributed by atoms with Gasteiger partial charge in [0.05, 0.1) is 13.7 Å². The molecule has 1 unspecified atom stereocenters. The lowest BCUT2D eigenvalue weighted by atomic mass is 9.99. The van der Waals surface area contributed by atoms with Crippen molar-refractivity contribution in [3.63, 3.8) is 0 Å². The topological polar surface area (TPSA) is 141 Å². The molecule has 0 aromatic heterocycles. The number of aliphatic hydroxyl groups excluding tert-OH is 5. The highest BCUT2D eigenvalue weighted by Crippen LogP contribution is 2.29. The van der Waals surface area contributed by atoms with Crippen molar-refractivity contribution in [2.24, 2.45) is 4.99 Å². The third-order valence-electron chi connectivity index (χ3n) is 3.25. The maximum Gasteiger partial charge on any atom is 0.252 e. The second-order valence-electron chi connectivity index (χ2n) is 4.75. The largest absolute Gasteiger partial charge is 0.476 e. The number of thioether (sulfide) groups is 1. The lowest BCUT2D eigenvalue weighted by Gasteiger charge is -2.40. The molecule has 1 saturated heterocycles. The third kappa shape index (κ3) is 3.78. The summed E-state index contributed by atoms with van der Waals surface area (Å²) < 4.78 is 15.7. The van der Waals surface area contributed by atoms with Crippen LogP contribution in [0.1, 0.15) is 0 Å². The first-order valence-corrected chi connectivity index (χ1v) is 7.45. The van der Waals surface area contributed by atoms with Crippen LogP contribution in [-0.2, 0) is 14.2 Å². The van der Waals surface area contributed by atoms with Gasteiger partial charge in [0.25, 0.3) is 5.23 Å². The van der Waals surface area contributed by atoms with Crippen molar-refractivity contribution in [3.8, 4) is 0 Å². The molecule has 9 nitrogen and oxygen atoms in total. The zero-order valence-electron chi connectivity index (χ0n) is 11.7. The van der Waals surface area contributed by atoms with E-state index in [1.807, 2.05) is 0 Å². The van der Waals surface area contributed by atoms with E-state index in [4.69, 9.17) is 19.3 Å². The summed E-state index contributed by atoms with van der Waals surface area (Å²) in [5.41, 5.74) is -0.918. The highest BCUT2D eigenvalue weighted by molar-refractivity contribution is 8.14. The number of hydrogen-bond donors (Lipinski definition) is 5.